The van der Waals surface area contributed by atoms with Gasteiger partial charge in [0.25, 0.3) is 0 Å². The van der Waals surface area contributed by atoms with Gasteiger partial charge in [-0.3, -0.25) is 0 Å². The minimum Gasteiger partial charge on any atom is -0.308 e. The van der Waals surface area contributed by atoms with E-state index < -0.39 is 18.6 Å². The van der Waals surface area contributed by atoms with Gasteiger partial charge in [0.15, 0.2) is 0 Å². The third-order valence-electron chi connectivity index (χ3n) is 1.44. The van der Waals surface area contributed by atoms with Gasteiger partial charge in [0.1, 0.15) is 0 Å². The van der Waals surface area contributed by atoms with E-state index in [0.717, 1.165) is 0 Å². The van der Waals surface area contributed by atoms with Crippen LogP contribution in [-0.4, -0.2) is 18.3 Å². The average Bonchev–Trinajstić information content (AvgIpc) is 1.82. The van der Waals surface area contributed by atoms with Crippen LogP contribution in [0.25, 0.3) is 0 Å². The number of alkyl halides is 3. The monoisotopic (exact) mass is 181 g/mol. The maximum Gasteiger partial charge on any atom is 0.390 e. The van der Waals surface area contributed by atoms with Gasteiger partial charge >= 0.3 is 6.18 Å². The summed E-state index contributed by atoms with van der Waals surface area (Å²) in [4.78, 5) is 0. The van der Waals surface area contributed by atoms with Gasteiger partial charge < -0.3 is 5.32 Å². The predicted molar refractivity (Wildman–Crippen MR) is 42.9 cm³/mol. The number of hydrogen-bond acceptors (Lipinski definition) is 1. The van der Waals surface area contributed by atoms with E-state index in [1.165, 1.54) is 6.92 Å². The summed E-state index contributed by atoms with van der Waals surface area (Å²) in [5.41, 5.74) is 0. The molecule has 0 radical (unpaired) electrons. The van der Waals surface area contributed by atoms with Crippen LogP contribution < -0.4 is 5.32 Å². The van der Waals surface area contributed by atoms with Crippen LogP contribution in [0.4, 0.5) is 13.2 Å². The molecule has 2 atom stereocenters. The second kappa shape index (κ2) is 4.50. The maximum atomic E-state index is 11.8. The first-order valence-electron chi connectivity index (χ1n) is 3.80. The van der Waals surface area contributed by atoms with Crippen LogP contribution in [0.1, 0.15) is 20.3 Å². The van der Waals surface area contributed by atoms with Crippen LogP contribution in [-0.2, 0) is 0 Å². The standard InChI is InChI=1S/C8H14F3N/c1-4-6(2)12-7(3)5-8(9,10)11/h4,6-7,12H,1,5H2,2-3H3. The molecule has 0 aromatic rings. The van der Waals surface area contributed by atoms with Gasteiger partial charge in [-0.25, -0.2) is 0 Å². The van der Waals surface area contributed by atoms with Gasteiger partial charge in [0.2, 0.25) is 0 Å². The van der Waals surface area contributed by atoms with E-state index in [9.17, 15) is 13.2 Å². The van der Waals surface area contributed by atoms with Crippen molar-refractivity contribution in [2.45, 2.75) is 38.5 Å². The van der Waals surface area contributed by atoms with Crippen molar-refractivity contribution in [1.29, 1.82) is 0 Å². The molecular formula is C8H14F3N. The molecule has 0 spiro atoms. The van der Waals surface area contributed by atoms with E-state index in [-0.39, 0.29) is 6.04 Å². The van der Waals surface area contributed by atoms with E-state index in [0.29, 0.717) is 0 Å². The largest absolute Gasteiger partial charge is 0.390 e. The Kier molecular flexibility index (Phi) is 4.31. The fourth-order valence-electron chi connectivity index (χ4n) is 0.923. The first-order chi connectivity index (χ1) is 5.35. The third-order valence-corrected chi connectivity index (χ3v) is 1.44. The van der Waals surface area contributed by atoms with Crippen LogP contribution in [0.5, 0.6) is 0 Å². The maximum absolute atomic E-state index is 11.8. The van der Waals surface area contributed by atoms with E-state index in [1.807, 2.05) is 0 Å². The van der Waals surface area contributed by atoms with Crippen molar-refractivity contribution in [1.82, 2.24) is 5.32 Å². The number of nitrogens with one attached hydrogen (secondary N) is 1. The molecule has 1 N–H and O–H groups in total. The van der Waals surface area contributed by atoms with E-state index in [2.05, 4.69) is 11.9 Å². The van der Waals surface area contributed by atoms with Crippen LogP contribution in [0.15, 0.2) is 12.7 Å². The van der Waals surface area contributed by atoms with Crippen molar-refractivity contribution in [3.63, 3.8) is 0 Å². The summed E-state index contributed by atoms with van der Waals surface area (Å²) in [6.45, 7) is 6.74. The minimum absolute atomic E-state index is 0.0812. The second-order valence-corrected chi connectivity index (χ2v) is 2.91. The zero-order chi connectivity index (χ0) is 9.78. The number of rotatable bonds is 4. The zero-order valence-electron chi connectivity index (χ0n) is 7.28. The molecular weight excluding hydrogens is 167 g/mol. The summed E-state index contributed by atoms with van der Waals surface area (Å²) in [7, 11) is 0. The molecule has 72 valence electrons. The lowest BCUT2D eigenvalue weighted by Gasteiger charge is -2.18. The predicted octanol–water partition coefficient (Wildman–Crippen LogP) is 2.49. The Morgan fingerprint density at radius 3 is 2.25 bits per heavy atom. The molecule has 0 aliphatic heterocycles. The van der Waals surface area contributed by atoms with Crippen LogP contribution in [0, 0.1) is 0 Å². The summed E-state index contributed by atoms with van der Waals surface area (Å²) >= 11 is 0. The molecule has 0 rings (SSSR count). The van der Waals surface area contributed by atoms with Crippen molar-refractivity contribution in [3.8, 4) is 0 Å². The Labute approximate surface area is 70.7 Å². The highest BCUT2D eigenvalue weighted by Crippen LogP contribution is 2.21. The fourth-order valence-corrected chi connectivity index (χ4v) is 0.923. The highest BCUT2D eigenvalue weighted by Gasteiger charge is 2.29. The summed E-state index contributed by atoms with van der Waals surface area (Å²) < 4.78 is 35.4. The first kappa shape index (κ1) is 11.5. The van der Waals surface area contributed by atoms with Crippen molar-refractivity contribution >= 4 is 0 Å². The molecule has 0 bridgehead atoms. The Hall–Kier alpha value is -0.510. The number of hydrogen-bond donors (Lipinski definition) is 1. The molecule has 0 aromatic heterocycles. The van der Waals surface area contributed by atoms with E-state index in [4.69, 9.17) is 0 Å². The van der Waals surface area contributed by atoms with Gasteiger partial charge in [0, 0.05) is 12.1 Å². The van der Waals surface area contributed by atoms with Crippen LogP contribution in [0.2, 0.25) is 0 Å². The minimum atomic E-state index is -4.09. The topological polar surface area (TPSA) is 12.0 Å². The molecule has 0 saturated carbocycles. The summed E-state index contributed by atoms with van der Waals surface area (Å²) in [5, 5.41) is 2.75. The summed E-state index contributed by atoms with van der Waals surface area (Å²) in [6, 6.07) is -0.639. The quantitative estimate of drug-likeness (QED) is 0.657. The van der Waals surface area contributed by atoms with Gasteiger partial charge in [0.05, 0.1) is 6.42 Å². The third kappa shape index (κ3) is 6.22. The molecule has 0 fully saturated rings. The molecule has 2 unspecified atom stereocenters. The Morgan fingerprint density at radius 2 is 1.92 bits per heavy atom. The Balaban J connectivity index is 3.74. The Bertz CT molecular complexity index is 142. The van der Waals surface area contributed by atoms with Crippen molar-refractivity contribution in [2.75, 3.05) is 0 Å². The highest BCUT2D eigenvalue weighted by atomic mass is 19.4. The zero-order valence-corrected chi connectivity index (χ0v) is 7.28. The molecule has 0 heterocycles. The average molecular weight is 181 g/mol. The van der Waals surface area contributed by atoms with Gasteiger partial charge in [-0.05, 0) is 13.8 Å². The second-order valence-electron chi connectivity index (χ2n) is 2.91. The lowest BCUT2D eigenvalue weighted by Crippen LogP contribution is -2.36. The fraction of sp³-hybridized carbons (Fsp3) is 0.750. The van der Waals surface area contributed by atoms with E-state index in [1.54, 1.807) is 13.0 Å². The van der Waals surface area contributed by atoms with Crippen molar-refractivity contribution in [3.05, 3.63) is 12.7 Å². The molecule has 1 nitrogen and oxygen atoms in total. The molecule has 0 aliphatic rings. The van der Waals surface area contributed by atoms with Crippen molar-refractivity contribution in [2.24, 2.45) is 0 Å². The molecule has 4 heteroatoms. The number of halogens is 3. The first-order valence-corrected chi connectivity index (χ1v) is 3.80. The van der Waals surface area contributed by atoms with Gasteiger partial charge in [-0.15, -0.1) is 6.58 Å². The molecule has 0 aliphatic carbocycles. The normalized spacial score (nSPS) is 17.1. The molecule has 0 aromatic carbocycles. The van der Waals surface area contributed by atoms with Gasteiger partial charge in [-0.2, -0.15) is 13.2 Å². The van der Waals surface area contributed by atoms with Crippen LogP contribution >= 0.6 is 0 Å². The summed E-state index contributed by atoms with van der Waals surface area (Å²) in [6.07, 6.45) is -3.31. The Morgan fingerprint density at radius 1 is 1.42 bits per heavy atom. The summed E-state index contributed by atoms with van der Waals surface area (Å²) in [5.74, 6) is 0. The molecule has 0 saturated heterocycles. The van der Waals surface area contributed by atoms with E-state index >= 15 is 0 Å². The van der Waals surface area contributed by atoms with Gasteiger partial charge in [-0.1, -0.05) is 6.08 Å². The highest BCUT2D eigenvalue weighted by molar-refractivity contribution is 4.83. The van der Waals surface area contributed by atoms with Crippen LogP contribution in [0.3, 0.4) is 0 Å². The van der Waals surface area contributed by atoms with Crippen molar-refractivity contribution < 1.29 is 13.2 Å². The SMILES string of the molecule is C=CC(C)NC(C)CC(F)(F)F. The lowest BCUT2D eigenvalue weighted by molar-refractivity contribution is -0.139. The molecule has 0 amide bonds. The lowest BCUT2D eigenvalue weighted by atomic mass is 10.2. The smallest absolute Gasteiger partial charge is 0.308 e. The molecule has 12 heavy (non-hydrogen) atoms.